The molecular formula is C21H20F4N6O2. The van der Waals surface area contributed by atoms with Crippen LogP contribution in [0.4, 0.5) is 34.1 Å². The molecule has 1 unspecified atom stereocenters. The van der Waals surface area contributed by atoms with Crippen LogP contribution in [0.3, 0.4) is 0 Å². The van der Waals surface area contributed by atoms with E-state index in [0.29, 0.717) is 5.69 Å². The van der Waals surface area contributed by atoms with E-state index in [2.05, 4.69) is 20.3 Å². The highest BCUT2D eigenvalue weighted by Crippen LogP contribution is 2.29. The molecule has 174 valence electrons. The second-order valence-electron chi connectivity index (χ2n) is 7.67. The number of hydrogen-bond acceptors (Lipinski definition) is 6. The summed E-state index contributed by atoms with van der Waals surface area (Å²) in [5, 5.41) is 2.75. The molecule has 1 amide bonds. The molecule has 0 bridgehead atoms. The zero-order chi connectivity index (χ0) is 23.9. The van der Waals surface area contributed by atoms with Crippen LogP contribution in [0.5, 0.6) is 0 Å². The van der Waals surface area contributed by atoms with Gasteiger partial charge in [0.05, 0.1) is 29.9 Å². The number of carbonyl (C=O) groups is 1. The number of ether oxygens (including phenoxy) is 1. The van der Waals surface area contributed by atoms with Crippen molar-refractivity contribution in [2.75, 3.05) is 16.8 Å². The third-order valence-corrected chi connectivity index (χ3v) is 5.26. The van der Waals surface area contributed by atoms with Crippen LogP contribution in [0, 0.1) is 24.4 Å². The van der Waals surface area contributed by atoms with Crippen LogP contribution < -0.4 is 10.2 Å². The van der Waals surface area contributed by atoms with Gasteiger partial charge in [-0.05, 0) is 26.8 Å². The molecule has 3 heterocycles. The van der Waals surface area contributed by atoms with Gasteiger partial charge in [-0.3, -0.25) is 0 Å². The van der Waals surface area contributed by atoms with Crippen LogP contribution in [-0.4, -0.2) is 44.4 Å². The normalized spacial score (nSPS) is 17.7. The second kappa shape index (κ2) is 8.68. The summed E-state index contributed by atoms with van der Waals surface area (Å²) in [4.78, 5) is 24.5. The van der Waals surface area contributed by atoms with Gasteiger partial charge in [-0.1, -0.05) is 0 Å². The van der Waals surface area contributed by atoms with Crippen molar-refractivity contribution in [2.24, 2.45) is 0 Å². The first-order chi connectivity index (χ1) is 15.7. The fraction of sp³-hybridized carbons (Fsp3) is 0.333. The molecule has 1 aliphatic rings. The molecule has 0 spiro atoms. The Hall–Kier alpha value is -3.70. The third kappa shape index (κ3) is 4.32. The SMILES string of the molecule is Cc1cn(-c2cc(F)c([C@H](C)Nc3ncc(F)c(N4C(=O)OCC4[C@H](C)F)n3)cc2F)cn1. The van der Waals surface area contributed by atoms with Crippen molar-refractivity contribution in [3.05, 3.63) is 59.6 Å². The molecule has 0 radical (unpaired) electrons. The number of halogens is 4. The first-order valence-corrected chi connectivity index (χ1v) is 10.0. The van der Waals surface area contributed by atoms with E-state index in [1.54, 1.807) is 13.1 Å². The Kier molecular flexibility index (Phi) is 5.91. The van der Waals surface area contributed by atoms with Crippen LogP contribution in [0.25, 0.3) is 5.69 Å². The first kappa shape index (κ1) is 22.5. The number of rotatable bonds is 6. The van der Waals surface area contributed by atoms with E-state index in [1.165, 1.54) is 24.7 Å². The third-order valence-electron chi connectivity index (χ3n) is 5.26. The minimum absolute atomic E-state index is 0.0108. The number of aryl methyl sites for hydroxylation is 1. The quantitative estimate of drug-likeness (QED) is 0.550. The number of nitrogens with one attached hydrogen (secondary N) is 1. The lowest BCUT2D eigenvalue weighted by Crippen LogP contribution is -2.40. The lowest BCUT2D eigenvalue weighted by Gasteiger charge is -2.22. The molecule has 33 heavy (non-hydrogen) atoms. The molecule has 8 nitrogen and oxygen atoms in total. The van der Waals surface area contributed by atoms with Gasteiger partial charge in [-0.15, -0.1) is 0 Å². The Morgan fingerprint density at radius 1 is 1.15 bits per heavy atom. The van der Waals surface area contributed by atoms with E-state index in [-0.39, 0.29) is 23.8 Å². The summed E-state index contributed by atoms with van der Waals surface area (Å²) < 4.78 is 63.9. The number of alkyl halides is 1. The number of hydrogen-bond donors (Lipinski definition) is 1. The van der Waals surface area contributed by atoms with Gasteiger partial charge < -0.3 is 14.6 Å². The maximum Gasteiger partial charge on any atom is 0.416 e. The van der Waals surface area contributed by atoms with Gasteiger partial charge in [-0.2, -0.15) is 4.98 Å². The van der Waals surface area contributed by atoms with E-state index in [9.17, 15) is 22.4 Å². The lowest BCUT2D eigenvalue weighted by atomic mass is 10.1. The fourth-order valence-electron chi connectivity index (χ4n) is 3.52. The van der Waals surface area contributed by atoms with E-state index >= 15 is 0 Å². The van der Waals surface area contributed by atoms with Gasteiger partial charge in [0.15, 0.2) is 11.6 Å². The van der Waals surface area contributed by atoms with Gasteiger partial charge in [0.25, 0.3) is 0 Å². The van der Waals surface area contributed by atoms with Gasteiger partial charge in [0, 0.05) is 17.8 Å². The van der Waals surface area contributed by atoms with E-state index in [0.717, 1.165) is 23.2 Å². The molecule has 1 aromatic carbocycles. The number of carbonyl (C=O) groups excluding carboxylic acids is 1. The maximum absolute atomic E-state index is 14.8. The van der Waals surface area contributed by atoms with Gasteiger partial charge in [0.2, 0.25) is 5.95 Å². The number of aromatic nitrogens is 4. The summed E-state index contributed by atoms with van der Waals surface area (Å²) in [5.74, 6) is -2.99. The molecule has 1 saturated heterocycles. The summed E-state index contributed by atoms with van der Waals surface area (Å²) in [6.07, 6.45) is 1.28. The van der Waals surface area contributed by atoms with Crippen LogP contribution in [-0.2, 0) is 4.74 Å². The summed E-state index contributed by atoms with van der Waals surface area (Å²) in [6.45, 7) is 4.21. The van der Waals surface area contributed by atoms with Crippen LogP contribution in [0.15, 0.2) is 30.9 Å². The van der Waals surface area contributed by atoms with Crippen molar-refractivity contribution in [2.45, 2.75) is 39.0 Å². The molecule has 1 fully saturated rings. The minimum Gasteiger partial charge on any atom is -0.447 e. The zero-order valence-electron chi connectivity index (χ0n) is 17.9. The van der Waals surface area contributed by atoms with Gasteiger partial charge >= 0.3 is 6.09 Å². The molecule has 0 saturated carbocycles. The minimum atomic E-state index is -1.50. The molecule has 1 N–H and O–H groups in total. The standard InChI is InChI=1S/C21H20F4N6O2/c1-10-7-30(9-27-10)17-5-14(23)13(4-15(17)24)12(3)28-20-26-6-16(25)19(29-20)31-18(11(2)22)8-33-21(31)32/h4-7,9,11-12,18H,8H2,1-3H3,(H,26,28,29)/t11-,12-,18?/m0/s1. The van der Waals surface area contributed by atoms with Crippen LogP contribution >= 0.6 is 0 Å². The number of cyclic esters (lactones) is 1. The smallest absolute Gasteiger partial charge is 0.416 e. The average Bonchev–Trinajstić information content (AvgIpc) is 3.36. The Morgan fingerprint density at radius 2 is 1.91 bits per heavy atom. The molecule has 12 heteroatoms. The average molecular weight is 464 g/mol. The maximum atomic E-state index is 14.8. The van der Waals surface area contributed by atoms with Crippen molar-refractivity contribution >= 4 is 17.9 Å². The second-order valence-corrected chi connectivity index (χ2v) is 7.67. The molecule has 3 aromatic rings. The predicted octanol–water partition coefficient (Wildman–Crippen LogP) is 4.24. The van der Waals surface area contributed by atoms with Crippen molar-refractivity contribution in [3.63, 3.8) is 0 Å². The predicted molar refractivity (Wildman–Crippen MR) is 110 cm³/mol. The van der Waals surface area contributed by atoms with Crippen molar-refractivity contribution in [1.29, 1.82) is 0 Å². The molecule has 1 aliphatic heterocycles. The number of imidazole rings is 1. The summed E-state index contributed by atoms with van der Waals surface area (Å²) in [7, 11) is 0. The fourth-order valence-corrected chi connectivity index (χ4v) is 3.52. The Bertz CT molecular complexity index is 1200. The molecule has 4 rings (SSSR count). The van der Waals surface area contributed by atoms with Crippen molar-refractivity contribution in [1.82, 2.24) is 19.5 Å². The summed E-state index contributed by atoms with van der Waals surface area (Å²) >= 11 is 0. The highest BCUT2D eigenvalue weighted by molar-refractivity contribution is 5.89. The largest absolute Gasteiger partial charge is 0.447 e. The number of nitrogens with zero attached hydrogens (tertiary/aromatic N) is 5. The summed E-state index contributed by atoms with van der Waals surface area (Å²) in [5.41, 5.74) is 0.603. The highest BCUT2D eigenvalue weighted by atomic mass is 19.1. The molecule has 3 atom stereocenters. The topological polar surface area (TPSA) is 85.2 Å². The number of benzene rings is 1. The Balaban J connectivity index is 1.60. The monoisotopic (exact) mass is 464 g/mol. The first-order valence-electron chi connectivity index (χ1n) is 10.0. The van der Waals surface area contributed by atoms with Crippen molar-refractivity contribution < 1.29 is 27.1 Å². The van der Waals surface area contributed by atoms with Gasteiger partial charge in [0.1, 0.15) is 30.5 Å². The number of amides is 1. The lowest BCUT2D eigenvalue weighted by molar-refractivity contribution is 0.174. The van der Waals surface area contributed by atoms with Crippen LogP contribution in [0.1, 0.15) is 31.1 Å². The highest BCUT2D eigenvalue weighted by Gasteiger charge is 2.40. The summed E-state index contributed by atoms with van der Waals surface area (Å²) in [6, 6.07) is 0.172. The van der Waals surface area contributed by atoms with E-state index in [4.69, 9.17) is 4.74 Å². The molecule has 2 aromatic heterocycles. The molecule has 0 aliphatic carbocycles. The Morgan fingerprint density at radius 3 is 2.58 bits per heavy atom. The number of anilines is 2. The zero-order valence-corrected chi connectivity index (χ0v) is 17.9. The van der Waals surface area contributed by atoms with Crippen molar-refractivity contribution in [3.8, 4) is 5.69 Å². The van der Waals surface area contributed by atoms with E-state index in [1.807, 2.05) is 0 Å². The van der Waals surface area contributed by atoms with Crippen LogP contribution in [0.2, 0.25) is 0 Å². The molecular weight excluding hydrogens is 444 g/mol. The van der Waals surface area contributed by atoms with E-state index < -0.39 is 47.6 Å². The Labute approximate surface area is 186 Å². The van der Waals surface area contributed by atoms with Gasteiger partial charge in [-0.25, -0.2) is 37.2 Å².